The Morgan fingerprint density at radius 3 is 2.17 bits per heavy atom. The van der Waals surface area contributed by atoms with Gasteiger partial charge in [-0.2, -0.15) is 0 Å². The van der Waals surface area contributed by atoms with Crippen LogP contribution in [0.2, 0.25) is 0 Å². The number of nitrogens with one attached hydrogen (secondary N) is 1. The lowest BCUT2D eigenvalue weighted by molar-refractivity contribution is -0.138. The van der Waals surface area contributed by atoms with Gasteiger partial charge in [-0.1, -0.05) is 13.8 Å². The molecule has 1 heterocycles. The van der Waals surface area contributed by atoms with E-state index in [9.17, 15) is 4.79 Å². The number of likely N-dealkylation sites (tertiary alicyclic amines) is 1. The number of hydrogen-bond donors (Lipinski definition) is 1. The van der Waals surface area contributed by atoms with Crippen LogP contribution < -0.4 is 5.32 Å². The second-order valence-corrected chi connectivity index (χ2v) is 6.83. The first-order valence-electron chi connectivity index (χ1n) is 7.48. The van der Waals surface area contributed by atoms with Gasteiger partial charge in [-0.05, 0) is 51.0 Å². The first-order valence-corrected chi connectivity index (χ1v) is 7.48. The molecule has 1 amide bonds. The van der Waals surface area contributed by atoms with E-state index in [1.165, 1.54) is 0 Å². The third-order valence-electron chi connectivity index (χ3n) is 4.91. The van der Waals surface area contributed by atoms with Crippen molar-refractivity contribution >= 4 is 5.91 Å². The lowest BCUT2D eigenvalue weighted by Crippen LogP contribution is -2.45. The number of carbonyl (C=O) groups excluding carboxylic acids is 1. The third-order valence-corrected chi connectivity index (χ3v) is 4.91. The lowest BCUT2D eigenvalue weighted by atomic mass is 9.81. The molecule has 3 nitrogen and oxygen atoms in total. The molecular weight excluding hydrogens is 224 g/mol. The van der Waals surface area contributed by atoms with E-state index in [0.29, 0.717) is 23.3 Å². The summed E-state index contributed by atoms with van der Waals surface area (Å²) in [5, 5.41) is 3.33. The quantitative estimate of drug-likeness (QED) is 0.818. The summed E-state index contributed by atoms with van der Waals surface area (Å²) in [5.74, 6) is 0.732. The van der Waals surface area contributed by atoms with Gasteiger partial charge in [0.1, 0.15) is 0 Å². The molecule has 0 radical (unpaired) electrons. The molecule has 104 valence electrons. The van der Waals surface area contributed by atoms with Gasteiger partial charge in [-0.25, -0.2) is 0 Å². The van der Waals surface area contributed by atoms with E-state index in [1.807, 2.05) is 7.05 Å². The van der Waals surface area contributed by atoms with Crippen LogP contribution in [-0.4, -0.2) is 37.0 Å². The van der Waals surface area contributed by atoms with Gasteiger partial charge in [-0.3, -0.25) is 4.79 Å². The highest BCUT2D eigenvalue weighted by atomic mass is 16.2. The van der Waals surface area contributed by atoms with Crippen molar-refractivity contribution in [3.8, 4) is 0 Å². The molecule has 1 aliphatic carbocycles. The molecule has 1 N–H and O–H groups in total. The predicted molar refractivity (Wildman–Crippen MR) is 74.4 cm³/mol. The summed E-state index contributed by atoms with van der Waals surface area (Å²) >= 11 is 0. The minimum absolute atomic E-state index is 0.302. The van der Waals surface area contributed by atoms with Crippen LogP contribution in [0.25, 0.3) is 0 Å². The van der Waals surface area contributed by atoms with E-state index in [-0.39, 0.29) is 0 Å². The normalized spacial score (nSPS) is 32.3. The van der Waals surface area contributed by atoms with Crippen molar-refractivity contribution in [2.45, 2.75) is 58.4 Å². The molecular formula is C15H28N2O. The molecule has 1 saturated heterocycles. The number of hydrogen-bond acceptors (Lipinski definition) is 2. The van der Waals surface area contributed by atoms with Crippen LogP contribution in [0, 0.1) is 11.3 Å². The highest BCUT2D eigenvalue weighted by Crippen LogP contribution is 2.32. The molecule has 1 aliphatic heterocycles. The van der Waals surface area contributed by atoms with Crippen molar-refractivity contribution < 1.29 is 4.79 Å². The molecule has 0 atom stereocenters. The van der Waals surface area contributed by atoms with Crippen LogP contribution in [0.15, 0.2) is 0 Å². The van der Waals surface area contributed by atoms with Crippen molar-refractivity contribution in [2.75, 3.05) is 20.1 Å². The van der Waals surface area contributed by atoms with Crippen LogP contribution in [0.1, 0.15) is 52.4 Å². The van der Waals surface area contributed by atoms with Gasteiger partial charge in [0.25, 0.3) is 0 Å². The van der Waals surface area contributed by atoms with Gasteiger partial charge in [0.05, 0.1) is 0 Å². The monoisotopic (exact) mass is 252 g/mol. The summed E-state index contributed by atoms with van der Waals surface area (Å²) in [4.78, 5) is 14.6. The Labute approximate surface area is 111 Å². The van der Waals surface area contributed by atoms with Crippen LogP contribution in [-0.2, 0) is 4.79 Å². The van der Waals surface area contributed by atoms with Crippen LogP contribution >= 0.6 is 0 Å². The van der Waals surface area contributed by atoms with Crippen molar-refractivity contribution in [3.63, 3.8) is 0 Å². The van der Waals surface area contributed by atoms with Gasteiger partial charge < -0.3 is 10.2 Å². The summed E-state index contributed by atoms with van der Waals surface area (Å²) in [6, 6.07) is 0.634. The fraction of sp³-hybridized carbons (Fsp3) is 0.933. The summed E-state index contributed by atoms with van der Waals surface area (Å²) in [6.45, 7) is 6.56. The molecule has 0 spiro atoms. The molecule has 0 bridgehead atoms. The Morgan fingerprint density at radius 2 is 1.67 bits per heavy atom. The van der Waals surface area contributed by atoms with E-state index in [4.69, 9.17) is 0 Å². The Hall–Kier alpha value is -0.570. The average molecular weight is 252 g/mol. The number of nitrogens with zero attached hydrogens (tertiary/aromatic N) is 1. The van der Waals surface area contributed by atoms with E-state index in [2.05, 4.69) is 24.1 Å². The maximum Gasteiger partial charge on any atom is 0.225 e. The molecule has 0 aromatic carbocycles. The zero-order valence-corrected chi connectivity index (χ0v) is 12.2. The zero-order chi connectivity index (χ0) is 13.2. The fourth-order valence-corrected chi connectivity index (χ4v) is 3.22. The average Bonchev–Trinajstić information content (AvgIpc) is 2.38. The standard InChI is InChI=1S/C15H28N2O/c1-15(2)8-10-17(11-9-15)14(18)12-4-6-13(16-3)7-5-12/h12-13,16H,4-11H2,1-3H3/t12-,13-. The summed E-state index contributed by atoms with van der Waals surface area (Å²) in [5.41, 5.74) is 0.431. The second-order valence-electron chi connectivity index (χ2n) is 6.83. The zero-order valence-electron chi connectivity index (χ0n) is 12.2. The second kappa shape index (κ2) is 5.60. The van der Waals surface area contributed by atoms with Crippen molar-refractivity contribution in [1.29, 1.82) is 0 Å². The predicted octanol–water partition coefficient (Wildman–Crippen LogP) is 2.41. The fourth-order valence-electron chi connectivity index (χ4n) is 3.22. The van der Waals surface area contributed by atoms with Crippen LogP contribution in [0.3, 0.4) is 0 Å². The van der Waals surface area contributed by atoms with E-state index in [1.54, 1.807) is 0 Å². The summed E-state index contributed by atoms with van der Waals surface area (Å²) in [6.07, 6.45) is 6.78. The Bertz CT molecular complexity index is 283. The van der Waals surface area contributed by atoms with Crippen LogP contribution in [0.4, 0.5) is 0 Å². The molecule has 0 unspecified atom stereocenters. The molecule has 2 aliphatic rings. The maximum absolute atomic E-state index is 12.5. The van der Waals surface area contributed by atoms with Gasteiger partial charge in [0.15, 0.2) is 0 Å². The van der Waals surface area contributed by atoms with Gasteiger partial charge in [0, 0.05) is 25.0 Å². The molecule has 1 saturated carbocycles. The highest BCUT2D eigenvalue weighted by Gasteiger charge is 2.32. The van der Waals surface area contributed by atoms with Crippen molar-refractivity contribution in [1.82, 2.24) is 10.2 Å². The summed E-state index contributed by atoms with van der Waals surface area (Å²) in [7, 11) is 2.03. The van der Waals surface area contributed by atoms with E-state index < -0.39 is 0 Å². The molecule has 2 fully saturated rings. The Morgan fingerprint density at radius 1 is 1.11 bits per heavy atom. The van der Waals surface area contributed by atoms with Crippen molar-refractivity contribution in [3.05, 3.63) is 0 Å². The van der Waals surface area contributed by atoms with Gasteiger partial charge in [-0.15, -0.1) is 0 Å². The Kier molecular flexibility index (Phi) is 4.31. The van der Waals surface area contributed by atoms with Crippen molar-refractivity contribution in [2.24, 2.45) is 11.3 Å². The number of amides is 1. The maximum atomic E-state index is 12.5. The number of rotatable bonds is 2. The lowest BCUT2D eigenvalue weighted by Gasteiger charge is -2.39. The third kappa shape index (κ3) is 3.25. The molecule has 0 aromatic rings. The minimum Gasteiger partial charge on any atom is -0.342 e. The SMILES string of the molecule is CN[C@H]1CC[C@H](C(=O)N2CCC(C)(C)CC2)CC1. The first kappa shape index (κ1) is 13.9. The molecule has 3 heteroatoms. The molecule has 18 heavy (non-hydrogen) atoms. The van der Waals surface area contributed by atoms with Crippen LogP contribution in [0.5, 0.6) is 0 Å². The first-order chi connectivity index (χ1) is 8.52. The molecule has 0 aromatic heterocycles. The van der Waals surface area contributed by atoms with E-state index >= 15 is 0 Å². The number of carbonyl (C=O) groups is 1. The molecule has 2 rings (SSSR count). The minimum atomic E-state index is 0.302. The summed E-state index contributed by atoms with van der Waals surface area (Å²) < 4.78 is 0. The smallest absolute Gasteiger partial charge is 0.225 e. The van der Waals surface area contributed by atoms with Gasteiger partial charge >= 0.3 is 0 Å². The number of piperidine rings is 1. The van der Waals surface area contributed by atoms with E-state index in [0.717, 1.165) is 51.6 Å². The largest absolute Gasteiger partial charge is 0.342 e. The van der Waals surface area contributed by atoms with Gasteiger partial charge in [0.2, 0.25) is 5.91 Å². The topological polar surface area (TPSA) is 32.3 Å². The highest BCUT2D eigenvalue weighted by molar-refractivity contribution is 5.79. The Balaban J connectivity index is 1.82.